The number of imidazole rings is 1. The van der Waals surface area contributed by atoms with Gasteiger partial charge in [0.25, 0.3) is 0 Å². The number of hydrogen-bond acceptors (Lipinski definition) is 13. The number of rotatable bonds is 9. The van der Waals surface area contributed by atoms with E-state index in [1.54, 1.807) is 12.1 Å². The van der Waals surface area contributed by atoms with Crippen molar-refractivity contribution < 1.29 is 19.1 Å². The van der Waals surface area contributed by atoms with E-state index in [1.165, 1.54) is 17.8 Å². The first kappa shape index (κ1) is 36.9. The molecule has 3 aromatic rings. The zero-order chi connectivity index (χ0) is 31.3. The number of nitrogens with zero attached hydrogens (tertiary/aromatic N) is 7. The second kappa shape index (κ2) is 16.2. The van der Waals surface area contributed by atoms with Crippen molar-refractivity contribution in [2.75, 3.05) is 42.3 Å². The molecular weight excluding hydrogens is 649 g/mol. The van der Waals surface area contributed by atoms with Crippen molar-refractivity contribution in [1.82, 2.24) is 24.9 Å². The fourth-order valence-corrected chi connectivity index (χ4v) is 4.82. The number of alkyl carbamates (subject to hydrolysis) is 1. The van der Waals surface area contributed by atoms with Crippen LogP contribution in [0.1, 0.15) is 38.4 Å². The van der Waals surface area contributed by atoms with Gasteiger partial charge in [-0.15, -0.1) is 29.9 Å². The molecule has 45 heavy (non-hydrogen) atoms. The number of anilines is 4. The van der Waals surface area contributed by atoms with Crippen molar-refractivity contribution in [1.29, 1.82) is 10.5 Å². The molecule has 1 aromatic carbocycles. The maximum atomic E-state index is 12.8. The van der Waals surface area contributed by atoms with Gasteiger partial charge in [0, 0.05) is 13.1 Å². The smallest absolute Gasteiger partial charge is 0.407 e. The lowest BCUT2D eigenvalue weighted by molar-refractivity contribution is -0.153. The number of fused-ring (bicyclic) bond motifs is 1. The van der Waals surface area contributed by atoms with E-state index in [0.29, 0.717) is 47.9 Å². The molecule has 1 aliphatic rings. The van der Waals surface area contributed by atoms with Crippen LogP contribution in [0.2, 0.25) is 5.02 Å². The Balaban J connectivity index is 0.00000353. The first-order valence-corrected chi connectivity index (χ1v) is 13.9. The predicted octanol–water partition coefficient (Wildman–Crippen LogP) is 3.37. The molecule has 18 heteroatoms. The second-order valence-corrected chi connectivity index (χ2v) is 10.5. The van der Waals surface area contributed by atoms with Crippen LogP contribution >= 0.6 is 36.4 Å². The summed E-state index contributed by atoms with van der Waals surface area (Å²) in [7, 11) is 1.25. The van der Waals surface area contributed by atoms with Crippen LogP contribution in [-0.2, 0) is 14.3 Å². The Morgan fingerprint density at radius 2 is 1.98 bits per heavy atom. The molecule has 242 valence electrons. The summed E-state index contributed by atoms with van der Waals surface area (Å²) in [4.78, 5) is 35.4. The summed E-state index contributed by atoms with van der Waals surface area (Å²) < 4.78 is 11.9. The molecule has 0 radical (unpaired) electrons. The molecular formula is C27H34Cl3N11O4. The largest absolute Gasteiger partial charge is 0.457 e. The maximum Gasteiger partial charge on any atom is 0.407 e. The maximum absolute atomic E-state index is 12.8. The molecule has 1 aliphatic heterocycles. The third kappa shape index (κ3) is 8.26. The number of esters is 1. The van der Waals surface area contributed by atoms with Gasteiger partial charge in [0.2, 0.25) is 5.95 Å². The standard InChI is InChI=1S/C27H32ClN11O4.2ClH/c1-5-32-23-24-33-12-16(11-30)39(24)37-26(36-23)34-18-8-15(10-29)9-19(21(18)28)38-7-6-17(35-27(41)42-4)20(13-38)43-25(40)22(31)14(2)3;;/h8-9,12,14,17,20,22H,5-7,13,31H2,1-4H3,(H,35,41)(H2,32,34,36,37);2*1H/t17-,20-,22+;;/m1../s1. The van der Waals surface area contributed by atoms with Crippen molar-refractivity contribution in [2.45, 2.75) is 45.4 Å². The molecule has 0 spiro atoms. The Bertz CT molecular complexity index is 1610. The number of methoxy groups -OCH3 is 1. The van der Waals surface area contributed by atoms with Gasteiger partial charge in [-0.3, -0.25) is 4.79 Å². The van der Waals surface area contributed by atoms with E-state index >= 15 is 0 Å². The van der Waals surface area contributed by atoms with E-state index in [0.717, 1.165) is 0 Å². The minimum atomic E-state index is -0.850. The molecule has 0 unspecified atom stereocenters. The topological polar surface area (TPSA) is 209 Å². The number of carbonyl (C=O) groups excluding carboxylic acids is 2. The molecule has 3 atom stereocenters. The average Bonchev–Trinajstić information content (AvgIpc) is 3.41. The van der Waals surface area contributed by atoms with Gasteiger partial charge in [0.15, 0.2) is 17.2 Å². The summed E-state index contributed by atoms with van der Waals surface area (Å²) in [5.41, 5.74) is 7.72. The number of nitrogens with two attached hydrogens (primary N) is 1. The number of nitrogens with one attached hydrogen (secondary N) is 3. The molecule has 1 saturated heterocycles. The third-order valence-corrected chi connectivity index (χ3v) is 7.29. The number of halogens is 3. The Morgan fingerprint density at radius 1 is 1.24 bits per heavy atom. The minimum Gasteiger partial charge on any atom is -0.457 e. The fraction of sp³-hybridized carbons (Fsp3) is 0.444. The Hall–Kier alpha value is -4.28. The number of amides is 1. The normalized spacial score (nSPS) is 16.3. The number of piperidine rings is 1. The van der Waals surface area contributed by atoms with E-state index < -0.39 is 30.3 Å². The van der Waals surface area contributed by atoms with Crippen LogP contribution in [-0.4, -0.2) is 76.6 Å². The Morgan fingerprint density at radius 3 is 2.60 bits per heavy atom. The summed E-state index contributed by atoms with van der Waals surface area (Å²) in [5, 5.41) is 32.9. The summed E-state index contributed by atoms with van der Waals surface area (Å²) >= 11 is 6.89. The number of benzene rings is 1. The highest BCUT2D eigenvalue weighted by Crippen LogP contribution is 2.37. The molecule has 0 saturated carbocycles. The van der Waals surface area contributed by atoms with E-state index in [4.69, 9.17) is 26.8 Å². The molecule has 3 heterocycles. The van der Waals surface area contributed by atoms with Gasteiger partial charge in [-0.05, 0) is 31.4 Å². The SMILES string of the molecule is CCNc1nc(Nc2cc(C#N)cc(N3CC[C@@H](NC(=O)OC)[C@H](OC(=O)[C@@H](N)C(C)C)C3)c2Cl)nn2c(C#N)cnc12.Cl.Cl. The quantitative estimate of drug-likeness (QED) is 0.239. The molecule has 1 amide bonds. The van der Waals surface area contributed by atoms with E-state index in [-0.39, 0.29) is 53.9 Å². The first-order chi connectivity index (χ1) is 20.6. The van der Waals surface area contributed by atoms with Gasteiger partial charge in [-0.1, -0.05) is 25.4 Å². The highest BCUT2D eigenvalue weighted by atomic mass is 35.5. The molecule has 5 N–H and O–H groups in total. The monoisotopic (exact) mass is 681 g/mol. The van der Waals surface area contributed by atoms with Gasteiger partial charge in [-0.25, -0.2) is 9.78 Å². The van der Waals surface area contributed by atoms with E-state index in [9.17, 15) is 20.1 Å². The Kier molecular flexibility index (Phi) is 13.2. The van der Waals surface area contributed by atoms with Crippen LogP contribution in [0, 0.1) is 28.6 Å². The second-order valence-electron chi connectivity index (χ2n) is 10.1. The minimum absolute atomic E-state index is 0. The molecule has 0 aliphatic carbocycles. The van der Waals surface area contributed by atoms with E-state index in [1.807, 2.05) is 31.7 Å². The van der Waals surface area contributed by atoms with Crippen LogP contribution in [0.25, 0.3) is 5.65 Å². The molecule has 4 rings (SSSR count). The molecule has 15 nitrogen and oxygen atoms in total. The average molecular weight is 683 g/mol. The van der Waals surface area contributed by atoms with Crippen molar-refractivity contribution in [2.24, 2.45) is 11.7 Å². The van der Waals surface area contributed by atoms with Crippen molar-refractivity contribution in [3.8, 4) is 12.1 Å². The van der Waals surface area contributed by atoms with Crippen LogP contribution in [0.3, 0.4) is 0 Å². The summed E-state index contributed by atoms with van der Waals surface area (Å²) in [6, 6.07) is 5.96. The lowest BCUT2D eigenvalue weighted by Gasteiger charge is -2.40. The van der Waals surface area contributed by atoms with Crippen molar-refractivity contribution in [3.05, 3.63) is 34.6 Å². The number of hydrogen-bond donors (Lipinski definition) is 4. The first-order valence-electron chi connectivity index (χ1n) is 13.6. The van der Waals surface area contributed by atoms with Crippen LogP contribution in [0.4, 0.5) is 27.9 Å². The number of carbonyl (C=O) groups is 2. The van der Waals surface area contributed by atoms with Crippen molar-refractivity contribution in [3.63, 3.8) is 0 Å². The lowest BCUT2D eigenvalue weighted by Crippen LogP contribution is -2.57. The van der Waals surface area contributed by atoms with Gasteiger partial charge in [-0.2, -0.15) is 20.0 Å². The highest BCUT2D eigenvalue weighted by molar-refractivity contribution is 6.36. The summed E-state index contributed by atoms with van der Waals surface area (Å²) in [5.74, 6) is -0.247. The van der Waals surface area contributed by atoms with Gasteiger partial charge in [0.05, 0.1) is 53.9 Å². The van der Waals surface area contributed by atoms with Crippen LogP contribution < -0.4 is 26.6 Å². The van der Waals surface area contributed by atoms with Crippen LogP contribution in [0.15, 0.2) is 18.3 Å². The zero-order valence-corrected chi connectivity index (χ0v) is 27.3. The highest BCUT2D eigenvalue weighted by Gasteiger charge is 2.36. The van der Waals surface area contributed by atoms with Gasteiger partial charge >= 0.3 is 12.1 Å². The van der Waals surface area contributed by atoms with Gasteiger partial charge < -0.3 is 36.1 Å². The van der Waals surface area contributed by atoms with Crippen LogP contribution in [0.5, 0.6) is 0 Å². The summed E-state index contributed by atoms with van der Waals surface area (Å²) in [6.45, 7) is 6.60. The molecule has 1 fully saturated rings. The van der Waals surface area contributed by atoms with E-state index in [2.05, 4.69) is 37.1 Å². The molecule has 0 bridgehead atoms. The molecule has 2 aromatic heterocycles. The Labute approximate surface area is 277 Å². The number of nitriles is 2. The lowest BCUT2D eigenvalue weighted by atomic mass is 9.99. The number of ether oxygens (including phenoxy) is 2. The zero-order valence-electron chi connectivity index (χ0n) is 24.9. The third-order valence-electron chi connectivity index (χ3n) is 6.90. The fourth-order valence-electron chi connectivity index (χ4n) is 4.54. The predicted molar refractivity (Wildman–Crippen MR) is 172 cm³/mol. The van der Waals surface area contributed by atoms with Gasteiger partial charge in [0.1, 0.15) is 18.2 Å². The van der Waals surface area contributed by atoms with Crippen molar-refractivity contribution >= 4 is 77.3 Å². The number of aromatic nitrogens is 4. The summed E-state index contributed by atoms with van der Waals surface area (Å²) in [6.07, 6.45) is 0.326.